The van der Waals surface area contributed by atoms with Crippen molar-refractivity contribution in [3.63, 3.8) is 0 Å². The number of ketones is 1. The van der Waals surface area contributed by atoms with Crippen LogP contribution in [0.15, 0.2) is 34.9 Å². The summed E-state index contributed by atoms with van der Waals surface area (Å²) in [5, 5.41) is 0. The van der Waals surface area contributed by atoms with E-state index in [9.17, 15) is 9.18 Å². The van der Waals surface area contributed by atoms with Crippen molar-refractivity contribution < 1.29 is 18.3 Å². The van der Waals surface area contributed by atoms with E-state index < -0.39 is 5.82 Å². The number of carbonyl (C=O) groups excluding carboxylic acids is 1. The number of rotatable bonds is 3. The maximum Gasteiger partial charge on any atom is 0.200 e. The summed E-state index contributed by atoms with van der Waals surface area (Å²) in [6.07, 6.45) is 1.35. The SMILES string of the molecule is COc1ccc(F)cc1C(=O)c1coc(C)c1. The monoisotopic (exact) mass is 234 g/mol. The Balaban J connectivity index is 2.46. The van der Waals surface area contributed by atoms with Gasteiger partial charge in [0.15, 0.2) is 5.78 Å². The van der Waals surface area contributed by atoms with Gasteiger partial charge in [-0.25, -0.2) is 4.39 Å². The maximum absolute atomic E-state index is 13.1. The topological polar surface area (TPSA) is 39.4 Å². The molecule has 2 rings (SSSR count). The lowest BCUT2D eigenvalue weighted by Gasteiger charge is -2.06. The van der Waals surface area contributed by atoms with Gasteiger partial charge in [0, 0.05) is 0 Å². The van der Waals surface area contributed by atoms with Gasteiger partial charge in [-0.2, -0.15) is 0 Å². The number of benzene rings is 1. The van der Waals surface area contributed by atoms with Crippen molar-refractivity contribution in [2.24, 2.45) is 0 Å². The quantitative estimate of drug-likeness (QED) is 0.766. The highest BCUT2D eigenvalue weighted by atomic mass is 19.1. The van der Waals surface area contributed by atoms with E-state index in [0.717, 1.165) is 6.07 Å². The largest absolute Gasteiger partial charge is 0.496 e. The highest BCUT2D eigenvalue weighted by Gasteiger charge is 2.17. The average Bonchev–Trinajstić information content (AvgIpc) is 2.75. The summed E-state index contributed by atoms with van der Waals surface area (Å²) in [6.45, 7) is 1.74. The molecule has 0 aliphatic rings. The Morgan fingerprint density at radius 2 is 2.12 bits per heavy atom. The molecule has 0 bridgehead atoms. The fourth-order valence-electron chi connectivity index (χ4n) is 1.58. The van der Waals surface area contributed by atoms with Crippen LogP contribution < -0.4 is 4.74 Å². The van der Waals surface area contributed by atoms with Gasteiger partial charge in [0.2, 0.25) is 0 Å². The van der Waals surface area contributed by atoms with Gasteiger partial charge in [0.25, 0.3) is 0 Å². The Labute approximate surface area is 97.8 Å². The molecule has 17 heavy (non-hydrogen) atoms. The smallest absolute Gasteiger partial charge is 0.200 e. The zero-order valence-corrected chi connectivity index (χ0v) is 9.49. The van der Waals surface area contributed by atoms with Gasteiger partial charge in [-0.3, -0.25) is 4.79 Å². The number of ether oxygens (including phenoxy) is 1. The van der Waals surface area contributed by atoms with E-state index >= 15 is 0 Å². The zero-order chi connectivity index (χ0) is 12.4. The second-order valence-corrected chi connectivity index (χ2v) is 3.62. The number of hydrogen-bond donors (Lipinski definition) is 0. The first-order valence-corrected chi connectivity index (χ1v) is 5.05. The van der Waals surface area contributed by atoms with Gasteiger partial charge in [0.05, 0.1) is 18.2 Å². The number of aryl methyl sites for hydroxylation is 1. The molecule has 0 spiro atoms. The van der Waals surface area contributed by atoms with Gasteiger partial charge in [-0.1, -0.05) is 0 Å². The molecule has 3 nitrogen and oxygen atoms in total. The highest BCUT2D eigenvalue weighted by molar-refractivity contribution is 6.10. The second kappa shape index (κ2) is 4.41. The highest BCUT2D eigenvalue weighted by Crippen LogP contribution is 2.23. The molecule has 0 aliphatic carbocycles. The summed E-state index contributed by atoms with van der Waals surface area (Å²) in [7, 11) is 1.44. The minimum absolute atomic E-state index is 0.188. The van der Waals surface area contributed by atoms with Crippen molar-refractivity contribution in [3.8, 4) is 5.75 Å². The first-order valence-electron chi connectivity index (χ1n) is 5.05. The third kappa shape index (κ3) is 2.20. The molecule has 0 saturated heterocycles. The van der Waals surface area contributed by atoms with Crippen molar-refractivity contribution in [2.45, 2.75) is 6.92 Å². The van der Waals surface area contributed by atoms with Gasteiger partial charge in [-0.05, 0) is 31.2 Å². The zero-order valence-electron chi connectivity index (χ0n) is 9.49. The lowest BCUT2D eigenvalue weighted by Crippen LogP contribution is -2.03. The Bertz CT molecular complexity index is 558. The van der Waals surface area contributed by atoms with Crippen molar-refractivity contribution in [1.29, 1.82) is 0 Å². The summed E-state index contributed by atoms with van der Waals surface area (Å²) in [6, 6.07) is 5.43. The van der Waals surface area contributed by atoms with Gasteiger partial charge < -0.3 is 9.15 Å². The Hall–Kier alpha value is -2.10. The molecule has 88 valence electrons. The Morgan fingerprint density at radius 1 is 1.35 bits per heavy atom. The number of halogens is 1. The summed E-state index contributed by atoms with van der Waals surface area (Å²) >= 11 is 0. The van der Waals surface area contributed by atoms with Crippen molar-refractivity contribution in [1.82, 2.24) is 0 Å². The van der Waals surface area contributed by atoms with Crippen LogP contribution in [0, 0.1) is 12.7 Å². The van der Waals surface area contributed by atoms with E-state index in [4.69, 9.17) is 9.15 Å². The van der Waals surface area contributed by atoms with Crippen molar-refractivity contribution >= 4 is 5.78 Å². The maximum atomic E-state index is 13.1. The third-order valence-corrected chi connectivity index (χ3v) is 2.40. The Kier molecular flexibility index (Phi) is 2.95. The third-order valence-electron chi connectivity index (χ3n) is 2.40. The fraction of sp³-hybridized carbons (Fsp3) is 0.154. The van der Waals surface area contributed by atoms with Crippen LogP contribution in [0.4, 0.5) is 4.39 Å². The normalized spacial score (nSPS) is 10.3. The summed E-state index contributed by atoms with van der Waals surface area (Å²) in [4.78, 5) is 12.1. The molecule has 0 radical (unpaired) electrons. The lowest BCUT2D eigenvalue weighted by atomic mass is 10.0. The van der Waals surface area contributed by atoms with E-state index in [1.165, 1.54) is 25.5 Å². The summed E-state index contributed by atoms with van der Waals surface area (Å²) in [5.41, 5.74) is 0.569. The van der Waals surface area contributed by atoms with Crippen LogP contribution in [0.1, 0.15) is 21.7 Å². The summed E-state index contributed by atoms with van der Waals surface area (Å²) in [5.74, 6) is 0.173. The second-order valence-electron chi connectivity index (χ2n) is 3.62. The number of furan rings is 1. The Morgan fingerprint density at radius 3 is 2.71 bits per heavy atom. The number of methoxy groups -OCH3 is 1. The molecule has 1 aromatic carbocycles. The minimum Gasteiger partial charge on any atom is -0.496 e. The molecule has 0 unspecified atom stereocenters. The molecule has 0 atom stereocenters. The molecule has 1 aromatic heterocycles. The van der Waals surface area contributed by atoms with Crippen LogP contribution in [0.5, 0.6) is 5.75 Å². The lowest BCUT2D eigenvalue weighted by molar-refractivity contribution is 0.103. The number of carbonyl (C=O) groups is 1. The first-order chi connectivity index (χ1) is 8.11. The molecular weight excluding hydrogens is 223 g/mol. The minimum atomic E-state index is -0.477. The van der Waals surface area contributed by atoms with E-state index in [1.807, 2.05) is 0 Å². The van der Waals surface area contributed by atoms with Crippen LogP contribution in [-0.2, 0) is 0 Å². The van der Waals surface area contributed by atoms with Gasteiger partial charge >= 0.3 is 0 Å². The summed E-state index contributed by atoms with van der Waals surface area (Å²) < 4.78 is 23.2. The molecule has 0 N–H and O–H groups in total. The first kappa shape index (κ1) is 11.4. The predicted octanol–water partition coefficient (Wildman–Crippen LogP) is 2.97. The van der Waals surface area contributed by atoms with E-state index in [2.05, 4.69) is 0 Å². The van der Waals surface area contributed by atoms with E-state index in [-0.39, 0.29) is 11.3 Å². The molecule has 0 amide bonds. The van der Waals surface area contributed by atoms with Crippen molar-refractivity contribution in [2.75, 3.05) is 7.11 Å². The van der Waals surface area contributed by atoms with Crippen LogP contribution in [0.2, 0.25) is 0 Å². The van der Waals surface area contributed by atoms with Gasteiger partial charge in [0.1, 0.15) is 23.6 Å². The van der Waals surface area contributed by atoms with Crippen LogP contribution in [0.3, 0.4) is 0 Å². The average molecular weight is 234 g/mol. The molecule has 2 aromatic rings. The molecule has 1 heterocycles. The van der Waals surface area contributed by atoms with Crippen LogP contribution >= 0.6 is 0 Å². The van der Waals surface area contributed by atoms with E-state index in [0.29, 0.717) is 17.1 Å². The molecule has 4 heteroatoms. The molecule has 0 fully saturated rings. The molecule has 0 saturated carbocycles. The van der Waals surface area contributed by atoms with Crippen LogP contribution in [0.25, 0.3) is 0 Å². The van der Waals surface area contributed by atoms with Gasteiger partial charge in [-0.15, -0.1) is 0 Å². The number of hydrogen-bond acceptors (Lipinski definition) is 3. The standard InChI is InChI=1S/C13H11FO3/c1-8-5-9(7-17-8)13(15)11-6-10(14)3-4-12(11)16-2/h3-7H,1-2H3. The van der Waals surface area contributed by atoms with E-state index in [1.54, 1.807) is 13.0 Å². The predicted molar refractivity (Wildman–Crippen MR) is 59.8 cm³/mol. The van der Waals surface area contributed by atoms with Crippen LogP contribution in [-0.4, -0.2) is 12.9 Å². The fourth-order valence-corrected chi connectivity index (χ4v) is 1.58. The van der Waals surface area contributed by atoms with Crippen molar-refractivity contribution in [3.05, 3.63) is 53.2 Å². The molecule has 0 aliphatic heterocycles. The molecular formula is C13H11FO3.